The van der Waals surface area contributed by atoms with Gasteiger partial charge in [0.25, 0.3) is 0 Å². The summed E-state index contributed by atoms with van der Waals surface area (Å²) in [5.74, 6) is 0.642. The van der Waals surface area contributed by atoms with E-state index in [1.54, 1.807) is 0 Å². The predicted molar refractivity (Wildman–Crippen MR) is 46.7 cm³/mol. The van der Waals surface area contributed by atoms with Gasteiger partial charge in [-0.25, -0.2) is 0 Å². The van der Waals surface area contributed by atoms with Gasteiger partial charge in [0.05, 0.1) is 23.6 Å². The minimum absolute atomic E-state index is 0.642. The Bertz CT molecular complexity index is 186. The standard InChI is InChI=1S/C7H13N3S/c1-6(4-8-2)3-7-5-9-11-10-7/h5-6,8H,3-4H2,1-2H3. The van der Waals surface area contributed by atoms with Crippen molar-refractivity contribution < 1.29 is 0 Å². The van der Waals surface area contributed by atoms with Crippen molar-refractivity contribution in [3.63, 3.8) is 0 Å². The third kappa shape index (κ3) is 2.95. The lowest BCUT2D eigenvalue weighted by Gasteiger charge is -2.06. The molecule has 0 aliphatic carbocycles. The van der Waals surface area contributed by atoms with E-state index in [2.05, 4.69) is 21.0 Å². The molecule has 1 aromatic rings. The van der Waals surface area contributed by atoms with Gasteiger partial charge in [0.1, 0.15) is 0 Å². The maximum atomic E-state index is 4.14. The molecule has 0 saturated heterocycles. The molecule has 0 spiro atoms. The van der Waals surface area contributed by atoms with Gasteiger partial charge >= 0.3 is 0 Å². The maximum absolute atomic E-state index is 4.14. The van der Waals surface area contributed by atoms with Crippen LogP contribution in [-0.4, -0.2) is 22.3 Å². The summed E-state index contributed by atoms with van der Waals surface area (Å²) in [5.41, 5.74) is 1.11. The Morgan fingerprint density at radius 1 is 1.73 bits per heavy atom. The number of nitrogens with zero attached hydrogens (tertiary/aromatic N) is 2. The van der Waals surface area contributed by atoms with Crippen molar-refractivity contribution in [3.05, 3.63) is 11.9 Å². The zero-order valence-corrected chi connectivity index (χ0v) is 7.69. The molecular weight excluding hydrogens is 158 g/mol. The first kappa shape index (κ1) is 8.62. The zero-order chi connectivity index (χ0) is 8.10. The average molecular weight is 171 g/mol. The second kappa shape index (κ2) is 4.41. The van der Waals surface area contributed by atoms with Crippen molar-refractivity contribution in [2.75, 3.05) is 13.6 Å². The first-order valence-corrected chi connectivity index (χ1v) is 4.47. The summed E-state index contributed by atoms with van der Waals surface area (Å²) in [6, 6.07) is 0. The van der Waals surface area contributed by atoms with Gasteiger partial charge in [-0.3, -0.25) is 0 Å². The van der Waals surface area contributed by atoms with Crippen LogP contribution in [0.25, 0.3) is 0 Å². The first-order valence-electron chi connectivity index (χ1n) is 3.74. The van der Waals surface area contributed by atoms with E-state index >= 15 is 0 Å². The van der Waals surface area contributed by atoms with Gasteiger partial charge in [0, 0.05) is 0 Å². The molecule has 1 aromatic heterocycles. The molecule has 1 unspecified atom stereocenters. The lowest BCUT2D eigenvalue weighted by molar-refractivity contribution is 0.537. The van der Waals surface area contributed by atoms with Crippen molar-refractivity contribution in [2.45, 2.75) is 13.3 Å². The van der Waals surface area contributed by atoms with Crippen LogP contribution in [0.4, 0.5) is 0 Å². The summed E-state index contributed by atoms with van der Waals surface area (Å²) in [5, 5.41) is 3.14. The fourth-order valence-electron chi connectivity index (χ4n) is 1.05. The minimum atomic E-state index is 0.642. The molecule has 0 bridgehead atoms. The van der Waals surface area contributed by atoms with Crippen LogP contribution in [0.15, 0.2) is 6.20 Å². The molecule has 0 aromatic carbocycles. The van der Waals surface area contributed by atoms with E-state index in [9.17, 15) is 0 Å². The Labute approximate surface area is 71.2 Å². The maximum Gasteiger partial charge on any atom is 0.0746 e. The lowest BCUT2D eigenvalue weighted by Crippen LogP contribution is -2.17. The van der Waals surface area contributed by atoms with Crippen molar-refractivity contribution in [1.29, 1.82) is 0 Å². The van der Waals surface area contributed by atoms with Gasteiger partial charge in [-0.1, -0.05) is 6.92 Å². The fourth-order valence-corrected chi connectivity index (χ4v) is 1.49. The highest BCUT2D eigenvalue weighted by atomic mass is 32.1. The van der Waals surface area contributed by atoms with Crippen LogP contribution >= 0.6 is 11.7 Å². The van der Waals surface area contributed by atoms with Crippen LogP contribution in [0.5, 0.6) is 0 Å². The summed E-state index contributed by atoms with van der Waals surface area (Å²) in [6.45, 7) is 3.24. The fraction of sp³-hybridized carbons (Fsp3) is 0.714. The Morgan fingerprint density at radius 3 is 3.09 bits per heavy atom. The molecule has 0 amide bonds. The molecule has 0 aliphatic heterocycles. The normalized spacial score (nSPS) is 13.3. The molecular formula is C7H13N3S. The zero-order valence-electron chi connectivity index (χ0n) is 6.87. The monoisotopic (exact) mass is 171 g/mol. The van der Waals surface area contributed by atoms with Crippen molar-refractivity contribution in [2.24, 2.45) is 5.92 Å². The highest BCUT2D eigenvalue weighted by Crippen LogP contribution is 2.04. The molecule has 0 aliphatic rings. The molecule has 3 nitrogen and oxygen atoms in total. The summed E-state index contributed by atoms with van der Waals surface area (Å²) < 4.78 is 8.09. The van der Waals surface area contributed by atoms with E-state index in [0.29, 0.717) is 5.92 Å². The largest absolute Gasteiger partial charge is 0.319 e. The smallest absolute Gasteiger partial charge is 0.0746 e. The van der Waals surface area contributed by atoms with Gasteiger partial charge < -0.3 is 5.32 Å². The Kier molecular flexibility index (Phi) is 3.45. The summed E-state index contributed by atoms with van der Waals surface area (Å²) in [6.07, 6.45) is 2.87. The van der Waals surface area contributed by atoms with E-state index in [-0.39, 0.29) is 0 Å². The van der Waals surface area contributed by atoms with Crippen LogP contribution in [0, 0.1) is 5.92 Å². The molecule has 1 atom stereocenters. The van der Waals surface area contributed by atoms with Gasteiger partial charge in [0.2, 0.25) is 0 Å². The van der Waals surface area contributed by atoms with Gasteiger partial charge in [0.15, 0.2) is 0 Å². The van der Waals surface area contributed by atoms with E-state index < -0.39 is 0 Å². The van der Waals surface area contributed by atoms with Crippen LogP contribution in [0.2, 0.25) is 0 Å². The molecule has 1 heterocycles. The predicted octanol–water partition coefficient (Wildman–Crippen LogP) is 0.936. The molecule has 62 valence electrons. The highest BCUT2D eigenvalue weighted by molar-refractivity contribution is 6.99. The molecule has 0 radical (unpaired) electrons. The third-order valence-corrected chi connectivity index (χ3v) is 2.03. The molecule has 1 rings (SSSR count). The van der Waals surface area contributed by atoms with E-state index in [0.717, 1.165) is 18.7 Å². The van der Waals surface area contributed by atoms with E-state index in [4.69, 9.17) is 0 Å². The number of rotatable bonds is 4. The van der Waals surface area contributed by atoms with E-state index in [1.807, 2.05) is 13.2 Å². The summed E-state index contributed by atoms with van der Waals surface area (Å²) in [4.78, 5) is 0. The van der Waals surface area contributed by atoms with E-state index in [1.165, 1.54) is 11.7 Å². The number of hydrogen-bond donors (Lipinski definition) is 1. The second-order valence-electron chi connectivity index (χ2n) is 2.77. The minimum Gasteiger partial charge on any atom is -0.319 e. The van der Waals surface area contributed by atoms with Crippen LogP contribution < -0.4 is 5.32 Å². The average Bonchev–Trinajstić information content (AvgIpc) is 2.40. The van der Waals surface area contributed by atoms with Crippen molar-refractivity contribution in [1.82, 2.24) is 14.1 Å². The van der Waals surface area contributed by atoms with Gasteiger partial charge in [-0.2, -0.15) is 8.75 Å². The Balaban J connectivity index is 2.31. The highest BCUT2D eigenvalue weighted by Gasteiger charge is 2.03. The number of nitrogens with one attached hydrogen (secondary N) is 1. The topological polar surface area (TPSA) is 37.8 Å². The lowest BCUT2D eigenvalue weighted by atomic mass is 10.1. The number of aromatic nitrogens is 2. The molecule has 0 fully saturated rings. The molecule has 0 saturated carbocycles. The third-order valence-electron chi connectivity index (χ3n) is 1.52. The molecule has 4 heteroatoms. The summed E-state index contributed by atoms with van der Waals surface area (Å²) >= 11 is 1.28. The Morgan fingerprint density at radius 2 is 2.55 bits per heavy atom. The van der Waals surface area contributed by atoms with Crippen molar-refractivity contribution >= 4 is 11.7 Å². The van der Waals surface area contributed by atoms with Crippen LogP contribution in [-0.2, 0) is 6.42 Å². The van der Waals surface area contributed by atoms with Crippen LogP contribution in [0.3, 0.4) is 0 Å². The first-order chi connectivity index (χ1) is 5.33. The second-order valence-corrected chi connectivity index (χ2v) is 3.32. The summed E-state index contributed by atoms with van der Waals surface area (Å²) in [7, 11) is 1.97. The Hall–Kier alpha value is -0.480. The van der Waals surface area contributed by atoms with Gasteiger partial charge in [-0.15, -0.1) is 0 Å². The van der Waals surface area contributed by atoms with Crippen molar-refractivity contribution in [3.8, 4) is 0 Å². The number of hydrogen-bond acceptors (Lipinski definition) is 4. The quantitative estimate of drug-likeness (QED) is 0.732. The molecule has 1 N–H and O–H groups in total. The van der Waals surface area contributed by atoms with Crippen LogP contribution in [0.1, 0.15) is 12.6 Å². The SMILES string of the molecule is CNCC(C)Cc1cnsn1. The van der Waals surface area contributed by atoms with Gasteiger partial charge in [-0.05, 0) is 25.9 Å². The molecule has 11 heavy (non-hydrogen) atoms.